The summed E-state index contributed by atoms with van der Waals surface area (Å²) in [7, 11) is 1.86. The zero-order chi connectivity index (χ0) is 12.8. The molecule has 0 spiro atoms. The predicted molar refractivity (Wildman–Crippen MR) is 69.2 cm³/mol. The molecule has 0 aliphatic carbocycles. The predicted octanol–water partition coefficient (Wildman–Crippen LogP) is 1.50. The number of hydrogen-bond donors (Lipinski definition) is 1. The first-order chi connectivity index (χ1) is 8.78. The maximum absolute atomic E-state index is 5.39. The quantitative estimate of drug-likeness (QED) is 0.839. The second-order valence-electron chi connectivity index (χ2n) is 4.01. The molecule has 0 saturated carbocycles. The van der Waals surface area contributed by atoms with E-state index in [0.29, 0.717) is 13.2 Å². The molecule has 2 aromatic rings. The van der Waals surface area contributed by atoms with Crippen molar-refractivity contribution in [3.05, 3.63) is 42.0 Å². The van der Waals surface area contributed by atoms with Crippen LogP contribution in [0.3, 0.4) is 0 Å². The molecule has 2 rings (SSSR count). The second-order valence-corrected chi connectivity index (χ2v) is 4.01. The van der Waals surface area contributed by atoms with E-state index >= 15 is 0 Å². The van der Waals surface area contributed by atoms with E-state index in [-0.39, 0.29) is 0 Å². The van der Waals surface area contributed by atoms with Crippen LogP contribution in [0.4, 0.5) is 0 Å². The average Bonchev–Trinajstić information content (AvgIpc) is 2.78. The molecular weight excluding hydrogens is 228 g/mol. The van der Waals surface area contributed by atoms with Gasteiger partial charge in [0.15, 0.2) is 5.82 Å². The van der Waals surface area contributed by atoms with E-state index in [4.69, 9.17) is 4.74 Å². The Morgan fingerprint density at radius 1 is 1.22 bits per heavy atom. The van der Waals surface area contributed by atoms with Gasteiger partial charge < -0.3 is 10.1 Å². The summed E-state index contributed by atoms with van der Waals surface area (Å²) < 4.78 is 7.10. The molecule has 0 saturated heterocycles. The van der Waals surface area contributed by atoms with Gasteiger partial charge in [0.2, 0.25) is 0 Å². The van der Waals surface area contributed by atoms with Crippen molar-refractivity contribution in [2.75, 3.05) is 6.61 Å². The van der Waals surface area contributed by atoms with E-state index in [1.54, 1.807) is 11.0 Å². The van der Waals surface area contributed by atoms with Gasteiger partial charge in [0.1, 0.15) is 12.1 Å². The molecule has 0 fully saturated rings. The highest BCUT2D eigenvalue weighted by Gasteiger charge is 1.99. The summed E-state index contributed by atoms with van der Waals surface area (Å²) in [5, 5.41) is 7.51. The van der Waals surface area contributed by atoms with E-state index in [9.17, 15) is 0 Å². The van der Waals surface area contributed by atoms with Crippen LogP contribution in [0.2, 0.25) is 0 Å². The maximum atomic E-state index is 5.39. The van der Waals surface area contributed by atoms with Crippen molar-refractivity contribution in [2.45, 2.75) is 20.0 Å². The Hall–Kier alpha value is -1.88. The summed E-state index contributed by atoms with van der Waals surface area (Å²) in [5.74, 6) is 1.72. The van der Waals surface area contributed by atoms with Crippen molar-refractivity contribution < 1.29 is 4.74 Å². The molecule has 5 nitrogen and oxygen atoms in total. The molecule has 1 N–H and O–H groups in total. The molecule has 5 heteroatoms. The Morgan fingerprint density at radius 2 is 2.00 bits per heavy atom. The number of ether oxygens (including phenoxy) is 1. The number of nitrogens with one attached hydrogen (secondary N) is 1. The first-order valence-corrected chi connectivity index (χ1v) is 6.05. The summed E-state index contributed by atoms with van der Waals surface area (Å²) in [6, 6.07) is 8.09. The molecule has 0 unspecified atom stereocenters. The SMILES string of the molecule is CCOc1ccc(CNCc2ncn(C)n2)cc1. The minimum atomic E-state index is 0.675. The molecule has 0 aliphatic heterocycles. The molecule has 0 bridgehead atoms. The summed E-state index contributed by atoms with van der Waals surface area (Å²) in [5.41, 5.74) is 1.22. The van der Waals surface area contributed by atoms with Gasteiger partial charge in [0, 0.05) is 13.6 Å². The maximum Gasteiger partial charge on any atom is 0.164 e. The fraction of sp³-hybridized carbons (Fsp3) is 0.385. The largest absolute Gasteiger partial charge is 0.494 e. The minimum Gasteiger partial charge on any atom is -0.494 e. The van der Waals surface area contributed by atoms with E-state index in [2.05, 4.69) is 27.5 Å². The first-order valence-electron chi connectivity index (χ1n) is 6.05. The molecule has 18 heavy (non-hydrogen) atoms. The van der Waals surface area contributed by atoms with E-state index in [1.807, 2.05) is 26.1 Å². The van der Waals surface area contributed by atoms with Crippen molar-refractivity contribution in [3.63, 3.8) is 0 Å². The van der Waals surface area contributed by atoms with Crippen molar-refractivity contribution in [3.8, 4) is 5.75 Å². The lowest BCUT2D eigenvalue weighted by atomic mass is 10.2. The molecule has 96 valence electrons. The lowest BCUT2D eigenvalue weighted by Gasteiger charge is -2.05. The van der Waals surface area contributed by atoms with Gasteiger partial charge in [-0.1, -0.05) is 12.1 Å². The van der Waals surface area contributed by atoms with E-state index < -0.39 is 0 Å². The molecule has 1 aromatic heterocycles. The molecule has 0 radical (unpaired) electrons. The summed E-state index contributed by atoms with van der Waals surface area (Å²) in [6.07, 6.45) is 1.70. The lowest BCUT2D eigenvalue weighted by molar-refractivity contribution is 0.340. The summed E-state index contributed by atoms with van der Waals surface area (Å²) in [6.45, 7) is 4.15. The number of nitrogens with zero attached hydrogens (tertiary/aromatic N) is 3. The van der Waals surface area contributed by atoms with Gasteiger partial charge >= 0.3 is 0 Å². The molecule has 1 heterocycles. The highest BCUT2D eigenvalue weighted by atomic mass is 16.5. The van der Waals surface area contributed by atoms with Crippen LogP contribution in [-0.4, -0.2) is 21.4 Å². The number of rotatable bonds is 6. The lowest BCUT2D eigenvalue weighted by Crippen LogP contribution is -2.14. The highest BCUT2D eigenvalue weighted by Crippen LogP contribution is 2.11. The molecule has 0 aliphatic rings. The normalized spacial score (nSPS) is 10.6. The third-order valence-electron chi connectivity index (χ3n) is 2.49. The van der Waals surface area contributed by atoms with Gasteiger partial charge in [-0.05, 0) is 24.6 Å². The van der Waals surface area contributed by atoms with Crippen LogP contribution in [0.5, 0.6) is 5.75 Å². The number of benzene rings is 1. The monoisotopic (exact) mass is 246 g/mol. The van der Waals surface area contributed by atoms with Crippen molar-refractivity contribution in [2.24, 2.45) is 7.05 Å². The van der Waals surface area contributed by atoms with Crippen LogP contribution in [0, 0.1) is 0 Å². The van der Waals surface area contributed by atoms with Gasteiger partial charge in [0.25, 0.3) is 0 Å². The number of aromatic nitrogens is 3. The van der Waals surface area contributed by atoms with Gasteiger partial charge in [-0.15, -0.1) is 0 Å². The smallest absolute Gasteiger partial charge is 0.164 e. The van der Waals surface area contributed by atoms with E-state index in [0.717, 1.165) is 18.1 Å². The molecular formula is C13H18N4O. The van der Waals surface area contributed by atoms with Crippen LogP contribution in [0.15, 0.2) is 30.6 Å². The van der Waals surface area contributed by atoms with Crippen molar-refractivity contribution in [1.29, 1.82) is 0 Å². The minimum absolute atomic E-state index is 0.675. The number of aryl methyl sites for hydroxylation is 1. The Labute approximate surface area is 107 Å². The van der Waals surface area contributed by atoms with Crippen molar-refractivity contribution >= 4 is 0 Å². The average molecular weight is 246 g/mol. The Balaban J connectivity index is 1.79. The van der Waals surface area contributed by atoms with Gasteiger partial charge in [-0.25, -0.2) is 4.98 Å². The Kier molecular flexibility index (Phi) is 4.30. The van der Waals surface area contributed by atoms with Crippen LogP contribution in [-0.2, 0) is 20.1 Å². The van der Waals surface area contributed by atoms with Crippen LogP contribution in [0.1, 0.15) is 18.3 Å². The number of hydrogen-bond acceptors (Lipinski definition) is 4. The third kappa shape index (κ3) is 3.56. The van der Waals surface area contributed by atoms with Crippen molar-refractivity contribution in [1.82, 2.24) is 20.1 Å². The van der Waals surface area contributed by atoms with Gasteiger partial charge in [-0.2, -0.15) is 5.10 Å². The first kappa shape index (κ1) is 12.6. The zero-order valence-electron chi connectivity index (χ0n) is 10.8. The highest BCUT2D eigenvalue weighted by molar-refractivity contribution is 5.27. The van der Waals surface area contributed by atoms with Gasteiger partial charge in [-0.3, -0.25) is 4.68 Å². The van der Waals surface area contributed by atoms with Crippen LogP contribution < -0.4 is 10.1 Å². The topological polar surface area (TPSA) is 52.0 Å². The third-order valence-corrected chi connectivity index (χ3v) is 2.49. The van der Waals surface area contributed by atoms with Crippen LogP contribution in [0.25, 0.3) is 0 Å². The Morgan fingerprint density at radius 3 is 2.61 bits per heavy atom. The molecule has 0 amide bonds. The molecule has 1 aromatic carbocycles. The fourth-order valence-corrected chi connectivity index (χ4v) is 1.65. The zero-order valence-corrected chi connectivity index (χ0v) is 10.8. The van der Waals surface area contributed by atoms with Gasteiger partial charge in [0.05, 0.1) is 13.2 Å². The summed E-state index contributed by atoms with van der Waals surface area (Å²) in [4.78, 5) is 4.15. The fourth-order valence-electron chi connectivity index (χ4n) is 1.65. The second kappa shape index (κ2) is 6.16. The summed E-state index contributed by atoms with van der Waals surface area (Å²) >= 11 is 0. The standard InChI is InChI=1S/C13H18N4O/c1-3-18-12-6-4-11(5-7-12)8-14-9-13-15-10-17(2)16-13/h4-7,10,14H,3,8-9H2,1-2H3. The van der Waals surface area contributed by atoms with E-state index in [1.165, 1.54) is 5.56 Å². The van der Waals surface area contributed by atoms with Crippen LogP contribution >= 0.6 is 0 Å². The Bertz CT molecular complexity index is 478. The molecule has 0 atom stereocenters.